The smallest absolute Gasteiger partial charge is 0.108 e. The molecule has 0 aliphatic carbocycles. The van der Waals surface area contributed by atoms with Crippen LogP contribution >= 0.6 is 0 Å². The second kappa shape index (κ2) is 5.91. The molecule has 1 N–H and O–H groups in total. The minimum atomic E-state index is 0.593. The Hall–Kier alpha value is -0.830. The Morgan fingerprint density at radius 3 is 2.73 bits per heavy atom. The van der Waals surface area contributed by atoms with Crippen LogP contribution in [0.5, 0.6) is 0 Å². The third kappa shape index (κ3) is 3.34. The van der Waals surface area contributed by atoms with Crippen LogP contribution in [0.3, 0.4) is 0 Å². The molecule has 2 atom stereocenters. The van der Waals surface area contributed by atoms with E-state index >= 15 is 0 Å². The van der Waals surface area contributed by atoms with Crippen molar-refractivity contribution in [3.63, 3.8) is 0 Å². The fraction of sp³-hybridized carbons (Fsp3) is 0.750. The van der Waals surface area contributed by atoms with Gasteiger partial charge in [-0.25, -0.2) is 4.98 Å². The fourth-order valence-electron chi connectivity index (χ4n) is 2.00. The van der Waals surface area contributed by atoms with Gasteiger partial charge in [-0.2, -0.15) is 0 Å². The molecule has 0 saturated carbocycles. The molecule has 0 aliphatic rings. The van der Waals surface area contributed by atoms with Gasteiger partial charge in [-0.05, 0) is 26.3 Å². The van der Waals surface area contributed by atoms with Crippen LogP contribution in [0.4, 0.5) is 0 Å². The minimum Gasteiger partial charge on any atom is -0.338 e. The van der Waals surface area contributed by atoms with Gasteiger partial charge in [0.25, 0.3) is 0 Å². The Morgan fingerprint density at radius 1 is 1.53 bits per heavy atom. The highest BCUT2D eigenvalue weighted by Gasteiger charge is 2.14. The molecule has 0 aromatic carbocycles. The van der Waals surface area contributed by atoms with Crippen molar-refractivity contribution in [3.05, 3.63) is 18.2 Å². The van der Waals surface area contributed by atoms with Crippen LogP contribution in [0.15, 0.2) is 12.4 Å². The lowest BCUT2D eigenvalue weighted by Gasteiger charge is -2.21. The van der Waals surface area contributed by atoms with Gasteiger partial charge in [0.2, 0.25) is 0 Å². The number of nitrogens with zero attached hydrogens (tertiary/aromatic N) is 2. The molecular weight excluding hydrogens is 186 g/mol. The molecule has 3 nitrogen and oxygen atoms in total. The average Bonchev–Trinajstić information content (AvgIpc) is 2.65. The van der Waals surface area contributed by atoms with Crippen molar-refractivity contribution in [1.29, 1.82) is 0 Å². The topological polar surface area (TPSA) is 29.9 Å². The predicted molar refractivity (Wildman–Crippen MR) is 63.8 cm³/mol. The summed E-state index contributed by atoms with van der Waals surface area (Å²) < 4.78 is 2.11. The number of aryl methyl sites for hydroxylation is 2. The van der Waals surface area contributed by atoms with E-state index in [1.807, 2.05) is 19.4 Å². The maximum Gasteiger partial charge on any atom is 0.108 e. The Labute approximate surface area is 92.9 Å². The van der Waals surface area contributed by atoms with Crippen LogP contribution in [0.25, 0.3) is 0 Å². The van der Waals surface area contributed by atoms with Gasteiger partial charge in [0, 0.05) is 31.9 Å². The number of hydrogen-bond acceptors (Lipinski definition) is 2. The Morgan fingerprint density at radius 2 is 2.27 bits per heavy atom. The highest BCUT2D eigenvalue weighted by atomic mass is 15.0. The molecule has 0 spiro atoms. The van der Waals surface area contributed by atoms with Crippen LogP contribution in [0.1, 0.15) is 32.5 Å². The SMILES string of the molecule is CCC(CCc1nccn1C)C(C)NC. The molecule has 0 amide bonds. The van der Waals surface area contributed by atoms with Gasteiger partial charge in [0.05, 0.1) is 0 Å². The Balaban J connectivity index is 2.44. The van der Waals surface area contributed by atoms with Gasteiger partial charge in [-0.15, -0.1) is 0 Å². The van der Waals surface area contributed by atoms with E-state index in [4.69, 9.17) is 0 Å². The lowest BCUT2D eigenvalue weighted by molar-refractivity contribution is 0.357. The van der Waals surface area contributed by atoms with E-state index in [9.17, 15) is 0 Å². The highest BCUT2D eigenvalue weighted by molar-refractivity contribution is 4.91. The zero-order valence-corrected chi connectivity index (χ0v) is 10.3. The molecule has 0 saturated heterocycles. The summed E-state index contributed by atoms with van der Waals surface area (Å²) >= 11 is 0. The molecule has 3 heteroatoms. The number of imidazole rings is 1. The molecule has 1 rings (SSSR count). The molecule has 1 heterocycles. The van der Waals surface area contributed by atoms with Crippen LogP contribution in [0.2, 0.25) is 0 Å². The fourth-order valence-corrected chi connectivity index (χ4v) is 2.00. The van der Waals surface area contributed by atoms with E-state index in [0.29, 0.717) is 6.04 Å². The first-order valence-corrected chi connectivity index (χ1v) is 5.82. The van der Waals surface area contributed by atoms with Crippen LogP contribution in [0, 0.1) is 5.92 Å². The van der Waals surface area contributed by atoms with Crippen molar-refractivity contribution in [3.8, 4) is 0 Å². The summed E-state index contributed by atoms with van der Waals surface area (Å²) in [7, 11) is 4.10. The number of rotatable bonds is 6. The maximum atomic E-state index is 4.35. The van der Waals surface area contributed by atoms with E-state index in [1.54, 1.807) is 0 Å². The van der Waals surface area contributed by atoms with Crippen molar-refractivity contribution in [2.24, 2.45) is 13.0 Å². The standard InChI is InChI=1S/C12H23N3/c1-5-11(10(2)13-3)6-7-12-14-8-9-15(12)4/h8-11,13H,5-7H2,1-4H3. The van der Waals surface area contributed by atoms with Gasteiger partial charge in [-0.1, -0.05) is 13.3 Å². The van der Waals surface area contributed by atoms with Gasteiger partial charge < -0.3 is 9.88 Å². The van der Waals surface area contributed by atoms with E-state index < -0.39 is 0 Å². The average molecular weight is 209 g/mol. The molecular formula is C12H23N3. The monoisotopic (exact) mass is 209 g/mol. The summed E-state index contributed by atoms with van der Waals surface area (Å²) in [6.45, 7) is 4.52. The summed E-state index contributed by atoms with van der Waals surface area (Å²) in [6.07, 6.45) is 7.40. The second-order valence-corrected chi connectivity index (χ2v) is 4.24. The molecule has 0 aliphatic heterocycles. The van der Waals surface area contributed by atoms with Gasteiger partial charge in [-0.3, -0.25) is 0 Å². The predicted octanol–water partition coefficient (Wildman–Crippen LogP) is 1.99. The molecule has 0 fully saturated rings. The Bertz CT molecular complexity index is 280. The van der Waals surface area contributed by atoms with Gasteiger partial charge in [0.1, 0.15) is 5.82 Å². The largest absolute Gasteiger partial charge is 0.338 e. The molecule has 0 radical (unpaired) electrons. The lowest BCUT2D eigenvalue weighted by atomic mass is 9.93. The third-order valence-corrected chi connectivity index (χ3v) is 3.35. The van der Waals surface area contributed by atoms with E-state index in [1.165, 1.54) is 18.7 Å². The van der Waals surface area contributed by atoms with E-state index in [2.05, 4.69) is 35.8 Å². The lowest BCUT2D eigenvalue weighted by Crippen LogP contribution is -2.30. The van der Waals surface area contributed by atoms with Crippen LogP contribution in [-0.4, -0.2) is 22.6 Å². The molecule has 15 heavy (non-hydrogen) atoms. The van der Waals surface area contributed by atoms with Crippen molar-refractivity contribution in [2.75, 3.05) is 7.05 Å². The van der Waals surface area contributed by atoms with Gasteiger partial charge >= 0.3 is 0 Å². The van der Waals surface area contributed by atoms with E-state index in [0.717, 1.165) is 12.3 Å². The normalized spacial score (nSPS) is 15.2. The first-order chi connectivity index (χ1) is 7.19. The van der Waals surface area contributed by atoms with Gasteiger partial charge in [0.15, 0.2) is 0 Å². The van der Waals surface area contributed by atoms with Crippen molar-refractivity contribution < 1.29 is 0 Å². The van der Waals surface area contributed by atoms with Crippen molar-refractivity contribution in [2.45, 2.75) is 39.2 Å². The van der Waals surface area contributed by atoms with Crippen molar-refractivity contribution >= 4 is 0 Å². The summed E-state index contributed by atoms with van der Waals surface area (Å²) in [5.74, 6) is 1.93. The number of hydrogen-bond donors (Lipinski definition) is 1. The first kappa shape index (κ1) is 12.2. The number of nitrogens with one attached hydrogen (secondary N) is 1. The summed E-state index contributed by atoms with van der Waals surface area (Å²) in [6, 6.07) is 0.593. The zero-order valence-electron chi connectivity index (χ0n) is 10.3. The maximum absolute atomic E-state index is 4.35. The zero-order chi connectivity index (χ0) is 11.3. The molecule has 0 bridgehead atoms. The molecule has 86 valence electrons. The van der Waals surface area contributed by atoms with E-state index in [-0.39, 0.29) is 0 Å². The summed E-state index contributed by atoms with van der Waals surface area (Å²) in [5.41, 5.74) is 0. The number of aromatic nitrogens is 2. The second-order valence-electron chi connectivity index (χ2n) is 4.24. The highest BCUT2D eigenvalue weighted by Crippen LogP contribution is 2.15. The molecule has 2 unspecified atom stereocenters. The van der Waals surface area contributed by atoms with Crippen LogP contribution < -0.4 is 5.32 Å². The Kier molecular flexibility index (Phi) is 4.82. The molecule has 1 aromatic rings. The van der Waals surface area contributed by atoms with Crippen molar-refractivity contribution in [1.82, 2.24) is 14.9 Å². The first-order valence-electron chi connectivity index (χ1n) is 5.82. The molecule has 1 aromatic heterocycles. The quantitative estimate of drug-likeness (QED) is 0.776. The third-order valence-electron chi connectivity index (χ3n) is 3.35. The minimum absolute atomic E-state index is 0.593. The van der Waals surface area contributed by atoms with Crippen LogP contribution in [-0.2, 0) is 13.5 Å². The summed E-state index contributed by atoms with van der Waals surface area (Å²) in [5, 5.41) is 3.33. The summed E-state index contributed by atoms with van der Waals surface area (Å²) in [4.78, 5) is 4.35.